The van der Waals surface area contributed by atoms with Crippen LogP contribution in [0.5, 0.6) is 0 Å². The molecule has 0 bridgehead atoms. The number of allylic oxidation sites excluding steroid dienone is 1. The van der Waals surface area contributed by atoms with Crippen molar-refractivity contribution in [2.45, 2.75) is 58.0 Å². The smallest absolute Gasteiger partial charge is 0.123 e. The van der Waals surface area contributed by atoms with Gasteiger partial charge in [-0.2, -0.15) is 5.10 Å². The fraction of sp³-hybridized carbons (Fsp3) is 0.370. The molecule has 1 aliphatic rings. The van der Waals surface area contributed by atoms with Crippen molar-refractivity contribution in [1.82, 2.24) is 9.78 Å². The number of nitrogens with zero attached hydrogens (tertiary/aromatic N) is 2. The van der Waals surface area contributed by atoms with Crippen LogP contribution >= 0.6 is 0 Å². The summed E-state index contributed by atoms with van der Waals surface area (Å²) in [5.74, 6) is -0.256. The van der Waals surface area contributed by atoms with Gasteiger partial charge in [-0.15, -0.1) is 0 Å². The molecular formula is C27H31FN2O. The summed E-state index contributed by atoms with van der Waals surface area (Å²) in [5.41, 5.74) is 3.14. The van der Waals surface area contributed by atoms with Gasteiger partial charge in [-0.25, -0.2) is 9.07 Å². The fourth-order valence-corrected chi connectivity index (χ4v) is 5.27. The van der Waals surface area contributed by atoms with Crippen molar-refractivity contribution < 1.29 is 9.50 Å². The highest BCUT2D eigenvalue weighted by Crippen LogP contribution is 2.43. The van der Waals surface area contributed by atoms with E-state index >= 15 is 0 Å². The molecule has 0 saturated heterocycles. The Morgan fingerprint density at radius 1 is 1.06 bits per heavy atom. The van der Waals surface area contributed by atoms with Crippen molar-refractivity contribution in [2.75, 3.05) is 0 Å². The van der Waals surface area contributed by atoms with Crippen molar-refractivity contribution in [3.63, 3.8) is 0 Å². The molecule has 4 heteroatoms. The standard InChI is InChI=1S/C27H31FN2O/c1-25(2,21-8-6-5-7-9-21)18-27(4,31)19-26(3)15-14-24-20(16-26)17-29-30(24)23-12-10-22(28)11-13-23/h5-15,17,31H,16,18-19H2,1-4H3/t26?,27-/m0/s1. The van der Waals surface area contributed by atoms with E-state index in [1.54, 1.807) is 12.1 Å². The van der Waals surface area contributed by atoms with Gasteiger partial charge in [0, 0.05) is 0 Å². The normalized spacial score (nSPS) is 20.3. The van der Waals surface area contributed by atoms with Crippen LogP contribution in [0.4, 0.5) is 4.39 Å². The Balaban J connectivity index is 1.52. The Morgan fingerprint density at radius 3 is 2.42 bits per heavy atom. The van der Waals surface area contributed by atoms with Gasteiger partial charge >= 0.3 is 0 Å². The van der Waals surface area contributed by atoms with Gasteiger partial charge in [0.05, 0.1) is 23.2 Å². The van der Waals surface area contributed by atoms with Gasteiger partial charge in [0.1, 0.15) is 5.82 Å². The SMILES string of the molecule is CC1(C[C@@](C)(O)CC(C)(C)c2ccccc2)C=Cc2c(cnn2-c2ccc(F)cc2)C1. The maximum Gasteiger partial charge on any atom is 0.123 e. The molecule has 0 radical (unpaired) electrons. The topological polar surface area (TPSA) is 38.1 Å². The first-order valence-corrected chi connectivity index (χ1v) is 10.9. The van der Waals surface area contributed by atoms with E-state index in [2.05, 4.69) is 62.3 Å². The van der Waals surface area contributed by atoms with Gasteiger partial charge in [-0.05, 0) is 78.5 Å². The van der Waals surface area contributed by atoms with Crippen molar-refractivity contribution in [3.8, 4) is 5.69 Å². The quantitative estimate of drug-likeness (QED) is 0.525. The number of benzene rings is 2. The van der Waals surface area contributed by atoms with Gasteiger partial charge in [0.2, 0.25) is 0 Å². The Bertz CT molecular complexity index is 1080. The zero-order valence-corrected chi connectivity index (χ0v) is 18.8. The van der Waals surface area contributed by atoms with Crippen molar-refractivity contribution >= 4 is 6.08 Å². The monoisotopic (exact) mass is 418 g/mol. The van der Waals surface area contributed by atoms with Crippen molar-refractivity contribution in [3.05, 3.63) is 89.5 Å². The third kappa shape index (κ3) is 4.64. The molecule has 2 aromatic carbocycles. The molecule has 4 rings (SSSR count). The molecule has 1 aliphatic carbocycles. The first-order chi connectivity index (χ1) is 14.6. The zero-order valence-electron chi connectivity index (χ0n) is 18.8. The lowest BCUT2D eigenvalue weighted by Gasteiger charge is -2.40. The minimum absolute atomic E-state index is 0.127. The summed E-state index contributed by atoms with van der Waals surface area (Å²) >= 11 is 0. The molecule has 1 unspecified atom stereocenters. The second kappa shape index (κ2) is 7.76. The predicted octanol–water partition coefficient (Wildman–Crippen LogP) is 6.10. The van der Waals surface area contributed by atoms with Gasteiger partial charge in [-0.1, -0.05) is 57.2 Å². The minimum atomic E-state index is -0.817. The molecular weight excluding hydrogens is 387 g/mol. The van der Waals surface area contributed by atoms with E-state index in [0.29, 0.717) is 12.8 Å². The van der Waals surface area contributed by atoms with Crippen LogP contribution in [-0.4, -0.2) is 20.5 Å². The average molecular weight is 419 g/mol. The second-order valence-corrected chi connectivity index (χ2v) is 10.2. The summed E-state index contributed by atoms with van der Waals surface area (Å²) in [6, 6.07) is 16.8. The summed E-state index contributed by atoms with van der Waals surface area (Å²) < 4.78 is 15.1. The highest BCUT2D eigenvalue weighted by molar-refractivity contribution is 5.57. The molecule has 2 atom stereocenters. The molecule has 0 amide bonds. The lowest BCUT2D eigenvalue weighted by Crippen LogP contribution is -2.39. The van der Waals surface area contributed by atoms with Crippen LogP contribution in [0.2, 0.25) is 0 Å². The number of hydrogen-bond donors (Lipinski definition) is 1. The van der Waals surface area contributed by atoms with Crippen LogP contribution in [0.3, 0.4) is 0 Å². The molecule has 3 nitrogen and oxygen atoms in total. The second-order valence-electron chi connectivity index (χ2n) is 10.2. The summed E-state index contributed by atoms with van der Waals surface area (Å²) in [4.78, 5) is 0. The Hall–Kier alpha value is -2.72. The average Bonchev–Trinajstić information content (AvgIpc) is 3.10. The zero-order chi connectivity index (χ0) is 22.3. The van der Waals surface area contributed by atoms with E-state index in [1.165, 1.54) is 17.7 Å². The van der Waals surface area contributed by atoms with E-state index in [9.17, 15) is 9.50 Å². The first-order valence-electron chi connectivity index (χ1n) is 10.9. The van der Waals surface area contributed by atoms with Crippen LogP contribution in [0.1, 0.15) is 57.4 Å². The lowest BCUT2D eigenvalue weighted by atomic mass is 9.67. The molecule has 0 aliphatic heterocycles. The predicted molar refractivity (Wildman–Crippen MR) is 124 cm³/mol. The van der Waals surface area contributed by atoms with Crippen LogP contribution in [0.15, 0.2) is 66.9 Å². The Morgan fingerprint density at radius 2 is 1.74 bits per heavy atom. The first kappa shape index (κ1) is 21.5. The Labute approximate surface area is 184 Å². The third-order valence-corrected chi connectivity index (χ3v) is 6.36. The fourth-order valence-electron chi connectivity index (χ4n) is 5.27. The van der Waals surface area contributed by atoms with E-state index in [4.69, 9.17) is 0 Å². The summed E-state index contributed by atoms with van der Waals surface area (Å²) in [7, 11) is 0. The lowest BCUT2D eigenvalue weighted by molar-refractivity contribution is -0.00251. The van der Waals surface area contributed by atoms with Crippen LogP contribution in [-0.2, 0) is 11.8 Å². The van der Waals surface area contributed by atoms with E-state index in [0.717, 1.165) is 23.4 Å². The van der Waals surface area contributed by atoms with Crippen LogP contribution in [0, 0.1) is 11.2 Å². The minimum Gasteiger partial charge on any atom is -0.390 e. The van der Waals surface area contributed by atoms with E-state index in [1.807, 2.05) is 23.9 Å². The van der Waals surface area contributed by atoms with Crippen molar-refractivity contribution in [2.24, 2.45) is 5.41 Å². The highest BCUT2D eigenvalue weighted by Gasteiger charge is 2.39. The van der Waals surface area contributed by atoms with Crippen molar-refractivity contribution in [1.29, 1.82) is 0 Å². The Kier molecular flexibility index (Phi) is 5.38. The highest BCUT2D eigenvalue weighted by atomic mass is 19.1. The summed E-state index contributed by atoms with van der Waals surface area (Å²) in [5, 5.41) is 15.9. The number of hydrogen-bond acceptors (Lipinski definition) is 2. The van der Waals surface area contributed by atoms with Crippen LogP contribution < -0.4 is 0 Å². The maximum absolute atomic E-state index is 13.3. The molecule has 0 spiro atoms. The number of aromatic nitrogens is 2. The summed E-state index contributed by atoms with van der Waals surface area (Å²) in [6.45, 7) is 8.54. The van der Waals surface area contributed by atoms with E-state index in [-0.39, 0.29) is 16.6 Å². The molecule has 3 aromatic rings. The molecule has 31 heavy (non-hydrogen) atoms. The number of rotatable bonds is 6. The molecule has 1 aromatic heterocycles. The number of fused-ring (bicyclic) bond motifs is 1. The molecule has 162 valence electrons. The largest absolute Gasteiger partial charge is 0.390 e. The molecule has 0 saturated carbocycles. The number of aliphatic hydroxyl groups is 1. The third-order valence-electron chi connectivity index (χ3n) is 6.36. The van der Waals surface area contributed by atoms with E-state index < -0.39 is 5.60 Å². The van der Waals surface area contributed by atoms with Gasteiger partial charge in [0.15, 0.2) is 0 Å². The van der Waals surface area contributed by atoms with Gasteiger partial charge in [-0.3, -0.25) is 0 Å². The van der Waals surface area contributed by atoms with Gasteiger partial charge in [0.25, 0.3) is 0 Å². The van der Waals surface area contributed by atoms with Gasteiger partial charge < -0.3 is 5.11 Å². The molecule has 1 N–H and O–H groups in total. The molecule has 0 fully saturated rings. The maximum atomic E-state index is 13.3. The van der Waals surface area contributed by atoms with Crippen LogP contribution in [0.25, 0.3) is 11.8 Å². The number of halogens is 1. The summed E-state index contributed by atoms with van der Waals surface area (Å²) in [6.07, 6.45) is 8.32. The molecule has 1 heterocycles.